The van der Waals surface area contributed by atoms with Crippen LogP contribution in [0.25, 0.3) is 0 Å². The molecule has 138 valence electrons. The van der Waals surface area contributed by atoms with Gasteiger partial charge in [0.15, 0.2) is 0 Å². The van der Waals surface area contributed by atoms with Gasteiger partial charge in [0, 0.05) is 19.6 Å². The van der Waals surface area contributed by atoms with Gasteiger partial charge in [-0.05, 0) is 30.9 Å². The number of para-hydroxylation sites is 1. The van der Waals surface area contributed by atoms with Crippen molar-refractivity contribution in [2.75, 3.05) is 32.1 Å². The molecule has 0 saturated carbocycles. The number of nitrogens with one attached hydrogen (secondary N) is 1. The molecular formula is C20H26N4O2. The zero-order valence-electron chi connectivity index (χ0n) is 15.3. The molecule has 1 amide bonds. The predicted octanol–water partition coefficient (Wildman–Crippen LogP) is 3.16. The predicted molar refractivity (Wildman–Crippen MR) is 102 cm³/mol. The molecule has 2 aromatic rings. The van der Waals surface area contributed by atoms with Crippen molar-refractivity contribution in [1.29, 1.82) is 0 Å². The Hall–Kier alpha value is -2.63. The van der Waals surface area contributed by atoms with Crippen molar-refractivity contribution in [2.45, 2.75) is 32.1 Å². The van der Waals surface area contributed by atoms with Crippen LogP contribution in [-0.2, 0) is 6.42 Å². The molecule has 1 aromatic carbocycles. The minimum atomic E-state index is -0.0139. The summed E-state index contributed by atoms with van der Waals surface area (Å²) in [6.07, 6.45) is 8.56. The highest BCUT2D eigenvalue weighted by Crippen LogP contribution is 2.18. The molecule has 1 aliphatic rings. The van der Waals surface area contributed by atoms with E-state index in [1.54, 1.807) is 19.5 Å². The Balaban J connectivity index is 1.53. The average molecular weight is 354 g/mol. The molecule has 0 radical (unpaired) electrons. The van der Waals surface area contributed by atoms with E-state index in [1.165, 1.54) is 12.8 Å². The van der Waals surface area contributed by atoms with E-state index < -0.39 is 0 Å². The highest BCUT2D eigenvalue weighted by molar-refractivity contribution is 5.92. The van der Waals surface area contributed by atoms with Gasteiger partial charge in [-0.1, -0.05) is 31.0 Å². The number of nitrogens with zero attached hydrogens (tertiary/aromatic N) is 3. The van der Waals surface area contributed by atoms with Gasteiger partial charge < -0.3 is 15.0 Å². The lowest BCUT2D eigenvalue weighted by atomic mass is 10.1. The molecule has 26 heavy (non-hydrogen) atoms. The molecule has 6 nitrogen and oxygen atoms in total. The third-order valence-corrected chi connectivity index (χ3v) is 4.66. The first-order valence-corrected chi connectivity index (χ1v) is 9.25. The maximum absolute atomic E-state index is 12.5. The van der Waals surface area contributed by atoms with Crippen LogP contribution in [0.4, 0.5) is 5.82 Å². The van der Waals surface area contributed by atoms with Crippen LogP contribution in [0, 0.1) is 0 Å². The van der Waals surface area contributed by atoms with Crippen LogP contribution in [0.3, 0.4) is 0 Å². The van der Waals surface area contributed by atoms with E-state index in [0.717, 1.165) is 43.7 Å². The highest BCUT2D eigenvalue weighted by Gasteiger charge is 2.18. The van der Waals surface area contributed by atoms with Gasteiger partial charge in [0.1, 0.15) is 17.3 Å². The Labute approximate surface area is 154 Å². The largest absolute Gasteiger partial charge is 0.496 e. The summed E-state index contributed by atoms with van der Waals surface area (Å²) in [7, 11) is 1.68. The van der Waals surface area contributed by atoms with Crippen molar-refractivity contribution >= 4 is 11.7 Å². The number of methoxy groups -OCH3 is 1. The van der Waals surface area contributed by atoms with Crippen LogP contribution in [-0.4, -0.2) is 47.5 Å². The van der Waals surface area contributed by atoms with Crippen molar-refractivity contribution in [3.8, 4) is 5.75 Å². The molecule has 0 spiro atoms. The molecule has 1 aromatic heterocycles. The van der Waals surface area contributed by atoms with Crippen LogP contribution in [0.5, 0.6) is 5.75 Å². The quantitative estimate of drug-likeness (QED) is 0.863. The average Bonchev–Trinajstić information content (AvgIpc) is 2.98. The normalized spacial score (nSPS) is 14.6. The van der Waals surface area contributed by atoms with Gasteiger partial charge in [-0.15, -0.1) is 0 Å². The minimum absolute atomic E-state index is 0.0139. The summed E-state index contributed by atoms with van der Waals surface area (Å²) >= 11 is 0. The van der Waals surface area contributed by atoms with Gasteiger partial charge in [0.05, 0.1) is 19.5 Å². The molecule has 1 N–H and O–H groups in total. The number of amides is 1. The first-order valence-electron chi connectivity index (χ1n) is 9.25. The van der Waals surface area contributed by atoms with E-state index >= 15 is 0 Å². The second kappa shape index (κ2) is 9.17. The zero-order chi connectivity index (χ0) is 18.2. The lowest BCUT2D eigenvalue weighted by molar-refractivity contribution is 0.0755. The standard InChI is InChI=1S/C20H26N4O2/c1-26-18-9-5-4-8-16(18)10-11-21-19-15-22-17(14-23-19)20(25)24-12-6-2-3-7-13-24/h4-5,8-9,14-15H,2-3,6-7,10-13H2,1H3,(H,21,23). The number of ether oxygens (including phenoxy) is 1. The summed E-state index contributed by atoms with van der Waals surface area (Å²) in [5.74, 6) is 1.55. The molecule has 0 atom stereocenters. The van der Waals surface area contributed by atoms with Gasteiger partial charge >= 0.3 is 0 Å². The monoisotopic (exact) mass is 354 g/mol. The van der Waals surface area contributed by atoms with E-state index in [1.807, 2.05) is 23.1 Å². The Morgan fingerprint density at radius 1 is 1.12 bits per heavy atom. The lowest BCUT2D eigenvalue weighted by Crippen LogP contribution is -2.32. The number of carbonyl (C=O) groups excluding carboxylic acids is 1. The molecule has 1 saturated heterocycles. The highest BCUT2D eigenvalue weighted by atomic mass is 16.5. The maximum Gasteiger partial charge on any atom is 0.274 e. The fourth-order valence-corrected chi connectivity index (χ4v) is 3.20. The minimum Gasteiger partial charge on any atom is -0.496 e. The molecular weight excluding hydrogens is 328 g/mol. The van der Waals surface area contributed by atoms with Crippen molar-refractivity contribution in [3.63, 3.8) is 0 Å². The van der Waals surface area contributed by atoms with Crippen LogP contribution in [0.2, 0.25) is 0 Å². The Bertz CT molecular complexity index is 710. The number of hydrogen-bond donors (Lipinski definition) is 1. The fourth-order valence-electron chi connectivity index (χ4n) is 3.20. The van der Waals surface area contributed by atoms with Crippen LogP contribution in [0.1, 0.15) is 41.7 Å². The van der Waals surface area contributed by atoms with Gasteiger partial charge in [0.2, 0.25) is 0 Å². The van der Waals surface area contributed by atoms with E-state index in [4.69, 9.17) is 4.74 Å². The van der Waals surface area contributed by atoms with Crippen LogP contribution < -0.4 is 10.1 Å². The Morgan fingerprint density at radius 2 is 1.88 bits per heavy atom. The summed E-state index contributed by atoms with van der Waals surface area (Å²) < 4.78 is 5.36. The Morgan fingerprint density at radius 3 is 2.58 bits per heavy atom. The zero-order valence-corrected chi connectivity index (χ0v) is 15.3. The molecule has 3 rings (SSSR count). The van der Waals surface area contributed by atoms with Crippen molar-refractivity contribution < 1.29 is 9.53 Å². The lowest BCUT2D eigenvalue weighted by Gasteiger charge is -2.19. The second-order valence-electron chi connectivity index (χ2n) is 6.48. The number of hydrogen-bond acceptors (Lipinski definition) is 5. The van der Waals surface area contributed by atoms with E-state index in [9.17, 15) is 4.79 Å². The molecule has 0 aliphatic carbocycles. The number of likely N-dealkylation sites (tertiary alicyclic amines) is 1. The summed E-state index contributed by atoms with van der Waals surface area (Å²) in [4.78, 5) is 23.1. The fraction of sp³-hybridized carbons (Fsp3) is 0.450. The van der Waals surface area contributed by atoms with Crippen molar-refractivity contribution in [1.82, 2.24) is 14.9 Å². The van der Waals surface area contributed by atoms with Crippen LogP contribution >= 0.6 is 0 Å². The summed E-state index contributed by atoms with van der Waals surface area (Å²) in [6.45, 7) is 2.35. The van der Waals surface area contributed by atoms with E-state index in [2.05, 4.69) is 21.4 Å². The number of benzene rings is 1. The van der Waals surface area contributed by atoms with E-state index in [-0.39, 0.29) is 5.91 Å². The van der Waals surface area contributed by atoms with Crippen molar-refractivity contribution in [2.24, 2.45) is 0 Å². The number of aromatic nitrogens is 2. The first-order chi connectivity index (χ1) is 12.8. The smallest absolute Gasteiger partial charge is 0.274 e. The molecule has 0 unspecified atom stereocenters. The third kappa shape index (κ3) is 4.71. The topological polar surface area (TPSA) is 67.3 Å². The van der Waals surface area contributed by atoms with Gasteiger partial charge in [-0.2, -0.15) is 0 Å². The Kier molecular flexibility index (Phi) is 6.41. The summed E-state index contributed by atoms with van der Waals surface area (Å²) in [5, 5.41) is 3.25. The maximum atomic E-state index is 12.5. The summed E-state index contributed by atoms with van der Waals surface area (Å²) in [6, 6.07) is 7.97. The number of rotatable bonds is 6. The molecule has 0 bridgehead atoms. The van der Waals surface area contributed by atoms with Crippen molar-refractivity contribution in [3.05, 3.63) is 47.9 Å². The number of anilines is 1. The van der Waals surface area contributed by atoms with Crippen LogP contribution in [0.15, 0.2) is 36.7 Å². The number of carbonyl (C=O) groups is 1. The summed E-state index contributed by atoms with van der Waals surface area (Å²) in [5.41, 5.74) is 1.56. The molecule has 1 aliphatic heterocycles. The van der Waals surface area contributed by atoms with Gasteiger partial charge in [-0.3, -0.25) is 4.79 Å². The molecule has 6 heteroatoms. The second-order valence-corrected chi connectivity index (χ2v) is 6.48. The van der Waals surface area contributed by atoms with E-state index in [0.29, 0.717) is 18.1 Å². The SMILES string of the molecule is COc1ccccc1CCNc1cnc(C(=O)N2CCCCCC2)cn1. The van der Waals surface area contributed by atoms with Gasteiger partial charge in [-0.25, -0.2) is 9.97 Å². The third-order valence-electron chi connectivity index (χ3n) is 4.66. The molecule has 2 heterocycles. The molecule has 1 fully saturated rings. The first kappa shape index (κ1) is 18.2. The van der Waals surface area contributed by atoms with Gasteiger partial charge in [0.25, 0.3) is 5.91 Å².